The summed E-state index contributed by atoms with van der Waals surface area (Å²) in [4.78, 5) is 13.1. The monoisotopic (exact) mass is 245 g/mol. The standard InChI is InChI=1S/C12H15N5O/c1-9(13)7-14-12(18)11-8-15-17(16-11)10-5-3-2-4-6-10/h2-6,8-9H,7,13H2,1H3,(H,14,18). The van der Waals surface area contributed by atoms with Crippen LogP contribution in [0.4, 0.5) is 0 Å². The van der Waals surface area contributed by atoms with Gasteiger partial charge in [0.25, 0.3) is 5.91 Å². The second-order valence-electron chi connectivity index (χ2n) is 4.04. The Kier molecular flexibility index (Phi) is 3.69. The number of benzene rings is 1. The Morgan fingerprint density at radius 2 is 2.17 bits per heavy atom. The van der Waals surface area contributed by atoms with E-state index >= 15 is 0 Å². The van der Waals surface area contributed by atoms with Gasteiger partial charge in [0.05, 0.1) is 11.9 Å². The first-order valence-corrected chi connectivity index (χ1v) is 5.68. The fourth-order valence-corrected chi connectivity index (χ4v) is 1.40. The van der Waals surface area contributed by atoms with Gasteiger partial charge in [-0.1, -0.05) is 18.2 Å². The predicted molar refractivity (Wildman–Crippen MR) is 67.3 cm³/mol. The highest BCUT2D eigenvalue weighted by Gasteiger charge is 2.11. The highest BCUT2D eigenvalue weighted by atomic mass is 16.2. The van der Waals surface area contributed by atoms with E-state index in [2.05, 4.69) is 15.5 Å². The van der Waals surface area contributed by atoms with Crippen LogP contribution in [0.15, 0.2) is 36.5 Å². The summed E-state index contributed by atoms with van der Waals surface area (Å²) in [6.45, 7) is 2.23. The van der Waals surface area contributed by atoms with E-state index in [4.69, 9.17) is 5.73 Å². The smallest absolute Gasteiger partial charge is 0.273 e. The first-order valence-electron chi connectivity index (χ1n) is 5.68. The average Bonchev–Trinajstić information content (AvgIpc) is 2.86. The summed E-state index contributed by atoms with van der Waals surface area (Å²) in [5.74, 6) is -0.269. The van der Waals surface area contributed by atoms with E-state index in [1.165, 1.54) is 11.0 Å². The largest absolute Gasteiger partial charge is 0.349 e. The quantitative estimate of drug-likeness (QED) is 0.813. The molecule has 1 heterocycles. The Balaban J connectivity index is 2.09. The number of nitrogens with two attached hydrogens (primary N) is 1. The third-order valence-electron chi connectivity index (χ3n) is 2.30. The number of nitrogens with one attached hydrogen (secondary N) is 1. The molecule has 6 nitrogen and oxygen atoms in total. The van der Waals surface area contributed by atoms with Gasteiger partial charge in [0.1, 0.15) is 0 Å². The maximum absolute atomic E-state index is 11.7. The highest BCUT2D eigenvalue weighted by molar-refractivity contribution is 5.91. The van der Waals surface area contributed by atoms with E-state index in [9.17, 15) is 4.79 Å². The molecule has 0 bridgehead atoms. The van der Waals surface area contributed by atoms with Crippen LogP contribution in [-0.2, 0) is 0 Å². The summed E-state index contributed by atoms with van der Waals surface area (Å²) in [6, 6.07) is 9.32. The predicted octanol–water partition coefficient (Wildman–Crippen LogP) is 0.344. The molecule has 0 saturated carbocycles. The van der Waals surface area contributed by atoms with Crippen molar-refractivity contribution in [3.05, 3.63) is 42.2 Å². The summed E-state index contributed by atoms with van der Waals surface area (Å²) in [5, 5.41) is 10.8. The maximum atomic E-state index is 11.7. The average molecular weight is 245 g/mol. The normalized spacial score (nSPS) is 12.1. The van der Waals surface area contributed by atoms with Gasteiger partial charge in [0.15, 0.2) is 5.69 Å². The van der Waals surface area contributed by atoms with Crippen molar-refractivity contribution in [1.82, 2.24) is 20.3 Å². The molecule has 1 atom stereocenters. The van der Waals surface area contributed by atoms with Crippen molar-refractivity contribution in [2.45, 2.75) is 13.0 Å². The molecule has 2 aromatic rings. The lowest BCUT2D eigenvalue weighted by Gasteiger charge is -2.05. The van der Waals surface area contributed by atoms with Crippen LogP contribution in [0.3, 0.4) is 0 Å². The molecule has 1 amide bonds. The third-order valence-corrected chi connectivity index (χ3v) is 2.30. The van der Waals surface area contributed by atoms with E-state index in [0.29, 0.717) is 6.54 Å². The summed E-state index contributed by atoms with van der Waals surface area (Å²) in [6.07, 6.45) is 1.43. The summed E-state index contributed by atoms with van der Waals surface area (Å²) < 4.78 is 0. The number of hydrogen-bond acceptors (Lipinski definition) is 4. The van der Waals surface area contributed by atoms with Crippen molar-refractivity contribution in [1.29, 1.82) is 0 Å². The molecule has 0 radical (unpaired) electrons. The van der Waals surface area contributed by atoms with Crippen LogP contribution < -0.4 is 11.1 Å². The van der Waals surface area contributed by atoms with Crippen LogP contribution in [0.2, 0.25) is 0 Å². The Labute approximate surface area is 105 Å². The number of nitrogens with zero attached hydrogens (tertiary/aromatic N) is 3. The highest BCUT2D eigenvalue weighted by Crippen LogP contribution is 2.03. The fourth-order valence-electron chi connectivity index (χ4n) is 1.40. The first-order chi connectivity index (χ1) is 8.66. The zero-order valence-electron chi connectivity index (χ0n) is 10.1. The summed E-state index contributed by atoms with van der Waals surface area (Å²) in [7, 11) is 0. The Hall–Kier alpha value is -2.21. The molecule has 0 aliphatic rings. The molecule has 1 aromatic carbocycles. The molecule has 0 saturated heterocycles. The van der Waals surface area contributed by atoms with E-state index in [1.54, 1.807) is 0 Å². The first kappa shape index (κ1) is 12.3. The minimum atomic E-state index is -0.269. The lowest BCUT2D eigenvalue weighted by Crippen LogP contribution is -2.35. The molecule has 0 aliphatic carbocycles. The Morgan fingerprint density at radius 3 is 2.83 bits per heavy atom. The number of para-hydroxylation sites is 1. The van der Waals surface area contributed by atoms with E-state index in [0.717, 1.165) is 5.69 Å². The van der Waals surface area contributed by atoms with Gasteiger partial charge in [-0.15, -0.1) is 5.10 Å². The molecule has 0 spiro atoms. The van der Waals surface area contributed by atoms with Gasteiger partial charge in [0, 0.05) is 12.6 Å². The molecule has 1 aromatic heterocycles. The molecule has 0 aliphatic heterocycles. The Bertz CT molecular complexity index is 520. The van der Waals surface area contributed by atoms with Crippen LogP contribution >= 0.6 is 0 Å². The molecule has 6 heteroatoms. The zero-order valence-corrected chi connectivity index (χ0v) is 10.1. The molecule has 0 fully saturated rings. The van der Waals surface area contributed by atoms with Crippen LogP contribution in [0.5, 0.6) is 0 Å². The number of aromatic nitrogens is 3. The second-order valence-corrected chi connectivity index (χ2v) is 4.04. The van der Waals surface area contributed by atoms with Gasteiger partial charge in [0.2, 0.25) is 0 Å². The number of carbonyl (C=O) groups is 1. The van der Waals surface area contributed by atoms with E-state index in [-0.39, 0.29) is 17.6 Å². The number of hydrogen-bond donors (Lipinski definition) is 2. The van der Waals surface area contributed by atoms with Crippen LogP contribution in [0.1, 0.15) is 17.4 Å². The topological polar surface area (TPSA) is 85.8 Å². The minimum absolute atomic E-state index is 0.0851. The van der Waals surface area contributed by atoms with Gasteiger partial charge in [-0.05, 0) is 19.1 Å². The number of rotatable bonds is 4. The SMILES string of the molecule is CC(N)CNC(=O)c1cnn(-c2ccccc2)n1. The molecule has 2 rings (SSSR count). The lowest BCUT2D eigenvalue weighted by atomic mass is 10.3. The van der Waals surface area contributed by atoms with Gasteiger partial charge in [-0.25, -0.2) is 0 Å². The van der Waals surface area contributed by atoms with Crippen molar-refractivity contribution in [2.75, 3.05) is 6.54 Å². The van der Waals surface area contributed by atoms with Crippen molar-refractivity contribution < 1.29 is 4.79 Å². The molecule has 3 N–H and O–H groups in total. The van der Waals surface area contributed by atoms with Crippen LogP contribution in [-0.4, -0.2) is 33.5 Å². The molecular formula is C12H15N5O. The number of amides is 1. The van der Waals surface area contributed by atoms with Crippen molar-refractivity contribution in [2.24, 2.45) is 5.73 Å². The van der Waals surface area contributed by atoms with Crippen LogP contribution in [0, 0.1) is 0 Å². The van der Waals surface area contributed by atoms with Gasteiger partial charge in [-0.2, -0.15) is 9.90 Å². The summed E-state index contributed by atoms with van der Waals surface area (Å²) >= 11 is 0. The minimum Gasteiger partial charge on any atom is -0.349 e. The molecule has 1 unspecified atom stereocenters. The van der Waals surface area contributed by atoms with Crippen molar-refractivity contribution in [3.8, 4) is 5.69 Å². The van der Waals surface area contributed by atoms with Gasteiger partial charge >= 0.3 is 0 Å². The second kappa shape index (κ2) is 5.42. The summed E-state index contributed by atoms with van der Waals surface area (Å²) in [5.41, 5.74) is 6.65. The third kappa shape index (κ3) is 2.92. The van der Waals surface area contributed by atoms with Gasteiger partial charge in [-0.3, -0.25) is 4.79 Å². The van der Waals surface area contributed by atoms with Gasteiger partial charge < -0.3 is 11.1 Å². The molecule has 94 valence electrons. The Morgan fingerprint density at radius 1 is 1.44 bits per heavy atom. The molecular weight excluding hydrogens is 230 g/mol. The zero-order chi connectivity index (χ0) is 13.0. The fraction of sp³-hybridized carbons (Fsp3) is 0.250. The van der Waals surface area contributed by atoms with Crippen LogP contribution in [0.25, 0.3) is 5.69 Å². The van der Waals surface area contributed by atoms with Crippen molar-refractivity contribution in [3.63, 3.8) is 0 Å². The molecule has 18 heavy (non-hydrogen) atoms. The lowest BCUT2D eigenvalue weighted by molar-refractivity contribution is 0.0946. The van der Waals surface area contributed by atoms with Crippen molar-refractivity contribution >= 4 is 5.91 Å². The number of carbonyl (C=O) groups excluding carboxylic acids is 1. The van der Waals surface area contributed by atoms with E-state index < -0.39 is 0 Å². The van der Waals surface area contributed by atoms with E-state index in [1.807, 2.05) is 37.3 Å². The maximum Gasteiger partial charge on any atom is 0.273 e.